The number of amides is 1. The van der Waals surface area contributed by atoms with E-state index in [1.807, 2.05) is 6.08 Å². The van der Waals surface area contributed by atoms with Gasteiger partial charge in [-0.25, -0.2) is 0 Å². The van der Waals surface area contributed by atoms with Gasteiger partial charge in [0.05, 0.1) is 32.0 Å². The zero-order valence-electron chi connectivity index (χ0n) is 38.6. The van der Waals surface area contributed by atoms with E-state index in [1.165, 1.54) is 103 Å². The number of carbonyl (C=O) groups is 2. The molecule has 1 aliphatic heterocycles. The summed E-state index contributed by atoms with van der Waals surface area (Å²) in [5, 5.41) is 54.0. The Morgan fingerprint density at radius 1 is 0.590 bits per heavy atom. The third-order valence-corrected chi connectivity index (χ3v) is 11.5. The molecule has 6 N–H and O–H groups in total. The van der Waals surface area contributed by atoms with Crippen LogP contribution < -0.4 is 5.32 Å². The van der Waals surface area contributed by atoms with Gasteiger partial charge in [-0.3, -0.25) is 9.59 Å². The van der Waals surface area contributed by atoms with Gasteiger partial charge in [0.15, 0.2) is 6.29 Å². The molecule has 0 aromatic rings. The van der Waals surface area contributed by atoms with Gasteiger partial charge in [0.2, 0.25) is 5.91 Å². The number of allylic oxidation sites excluding steroid dienone is 5. The van der Waals surface area contributed by atoms with Crippen LogP contribution >= 0.6 is 0 Å². The second-order valence-corrected chi connectivity index (χ2v) is 17.2. The van der Waals surface area contributed by atoms with Crippen molar-refractivity contribution in [2.75, 3.05) is 19.8 Å². The second-order valence-electron chi connectivity index (χ2n) is 17.2. The average molecular weight is 866 g/mol. The monoisotopic (exact) mass is 866 g/mol. The minimum atomic E-state index is -1.58. The number of hydrogen-bond acceptors (Lipinski definition) is 10. The van der Waals surface area contributed by atoms with Gasteiger partial charge in [0.25, 0.3) is 0 Å². The van der Waals surface area contributed by atoms with Crippen LogP contribution in [0.3, 0.4) is 0 Å². The largest absolute Gasteiger partial charge is 0.466 e. The van der Waals surface area contributed by atoms with Crippen LogP contribution in [-0.2, 0) is 23.8 Å². The Kier molecular flexibility index (Phi) is 37.9. The lowest BCUT2D eigenvalue weighted by molar-refractivity contribution is -0.302. The summed E-state index contributed by atoms with van der Waals surface area (Å²) in [4.78, 5) is 24.9. The summed E-state index contributed by atoms with van der Waals surface area (Å²) < 4.78 is 16.6. The van der Waals surface area contributed by atoms with E-state index in [1.54, 1.807) is 6.08 Å². The molecule has 1 saturated heterocycles. The summed E-state index contributed by atoms with van der Waals surface area (Å²) in [6.45, 7) is 4.18. The Bertz CT molecular complexity index is 1110. The quantitative estimate of drug-likeness (QED) is 0.0197. The number of hydrogen-bond donors (Lipinski definition) is 6. The SMILES string of the molecule is CCCCC/C=C/CC/C=C/C(O)C(COC1OC(CO)C(O)C(O)C1O)NC(=O)CCCCC/C=C\CCCCCCCCOC(=O)CCCCCCCCCCCCC. The first-order chi connectivity index (χ1) is 29.7. The highest BCUT2D eigenvalue weighted by molar-refractivity contribution is 5.76. The van der Waals surface area contributed by atoms with Crippen molar-refractivity contribution in [3.63, 3.8) is 0 Å². The van der Waals surface area contributed by atoms with Crippen molar-refractivity contribution in [2.24, 2.45) is 0 Å². The van der Waals surface area contributed by atoms with E-state index in [4.69, 9.17) is 14.2 Å². The van der Waals surface area contributed by atoms with Crippen molar-refractivity contribution in [3.05, 3.63) is 36.5 Å². The van der Waals surface area contributed by atoms with E-state index in [-0.39, 0.29) is 18.5 Å². The summed E-state index contributed by atoms with van der Waals surface area (Å²) in [5.74, 6) is -0.263. The lowest BCUT2D eigenvalue weighted by Gasteiger charge is -2.40. The van der Waals surface area contributed by atoms with E-state index in [9.17, 15) is 35.1 Å². The lowest BCUT2D eigenvalue weighted by atomic mass is 9.99. The summed E-state index contributed by atoms with van der Waals surface area (Å²) in [6.07, 6.45) is 36.6. The van der Waals surface area contributed by atoms with Crippen LogP contribution in [0.25, 0.3) is 0 Å². The van der Waals surface area contributed by atoms with E-state index in [0.717, 1.165) is 70.6 Å². The van der Waals surface area contributed by atoms with E-state index < -0.39 is 49.5 Å². The maximum absolute atomic E-state index is 12.9. The van der Waals surface area contributed by atoms with Gasteiger partial charge >= 0.3 is 5.97 Å². The minimum Gasteiger partial charge on any atom is -0.466 e. The molecular weight excluding hydrogens is 775 g/mol. The van der Waals surface area contributed by atoms with Gasteiger partial charge in [0, 0.05) is 12.8 Å². The number of carbonyl (C=O) groups excluding carboxylic acids is 2. The van der Waals surface area contributed by atoms with Crippen LogP contribution in [0, 0.1) is 0 Å². The number of aliphatic hydroxyl groups excluding tert-OH is 5. The average Bonchev–Trinajstić information content (AvgIpc) is 3.25. The summed E-state index contributed by atoms with van der Waals surface area (Å²) in [6, 6.07) is -0.845. The van der Waals surface area contributed by atoms with E-state index in [2.05, 4.69) is 43.5 Å². The van der Waals surface area contributed by atoms with Gasteiger partial charge < -0.3 is 45.1 Å². The third kappa shape index (κ3) is 31.4. The first kappa shape index (κ1) is 56.9. The zero-order valence-corrected chi connectivity index (χ0v) is 38.6. The molecule has 11 heteroatoms. The molecule has 0 aliphatic carbocycles. The summed E-state index contributed by atoms with van der Waals surface area (Å²) in [7, 11) is 0. The first-order valence-corrected chi connectivity index (χ1v) is 24.8. The molecule has 1 rings (SSSR count). The van der Waals surface area contributed by atoms with E-state index >= 15 is 0 Å². The maximum Gasteiger partial charge on any atom is 0.305 e. The van der Waals surface area contributed by atoms with Gasteiger partial charge in [-0.1, -0.05) is 159 Å². The standard InChI is InChI=1S/C50H91NO10/c1-3-5-7-9-11-13-17-22-26-30-34-38-46(55)59-39-35-31-27-23-19-16-14-15-18-21-25-29-33-37-45(54)51-42(43(53)36-32-28-24-20-12-10-8-6-4-2)41-60-50-49(58)48(57)47(56)44(40-52)61-50/h12,15,18,20,32,36,42-44,47-50,52-53,56-58H,3-11,13-14,16-17,19,21-31,33-35,37-41H2,1-2H3,(H,51,54)/b18-15-,20-12+,36-32+. The van der Waals surface area contributed by atoms with Crippen molar-refractivity contribution in [3.8, 4) is 0 Å². The minimum absolute atomic E-state index is 0.0374. The second kappa shape index (κ2) is 40.6. The van der Waals surface area contributed by atoms with Crippen LogP contribution in [0.5, 0.6) is 0 Å². The van der Waals surface area contributed by atoms with Crippen LogP contribution in [0.2, 0.25) is 0 Å². The highest BCUT2D eigenvalue weighted by atomic mass is 16.7. The van der Waals surface area contributed by atoms with Crippen molar-refractivity contribution < 1.29 is 49.3 Å². The smallest absolute Gasteiger partial charge is 0.305 e. The number of aliphatic hydroxyl groups is 5. The molecule has 0 aromatic heterocycles. The third-order valence-electron chi connectivity index (χ3n) is 11.5. The molecule has 61 heavy (non-hydrogen) atoms. The molecule has 0 spiro atoms. The first-order valence-electron chi connectivity index (χ1n) is 24.8. The molecule has 7 atom stereocenters. The molecule has 0 radical (unpaired) electrons. The lowest BCUT2D eigenvalue weighted by Crippen LogP contribution is -2.60. The van der Waals surface area contributed by atoms with Crippen molar-refractivity contribution in [1.82, 2.24) is 5.32 Å². The van der Waals surface area contributed by atoms with Crippen LogP contribution in [0.15, 0.2) is 36.5 Å². The fraction of sp³-hybridized carbons (Fsp3) is 0.840. The van der Waals surface area contributed by atoms with E-state index in [0.29, 0.717) is 25.9 Å². The Balaban J connectivity index is 2.19. The predicted octanol–water partition coefficient (Wildman–Crippen LogP) is 9.60. The molecule has 1 aliphatic rings. The zero-order chi connectivity index (χ0) is 44.6. The molecule has 1 amide bonds. The topological polar surface area (TPSA) is 175 Å². The Morgan fingerprint density at radius 3 is 1.67 bits per heavy atom. The van der Waals surface area contributed by atoms with Crippen LogP contribution in [-0.4, -0.2) is 100 Å². The molecule has 0 aromatic carbocycles. The van der Waals surface area contributed by atoms with Crippen molar-refractivity contribution in [1.29, 1.82) is 0 Å². The normalized spacial score (nSPS) is 20.5. The van der Waals surface area contributed by atoms with Crippen molar-refractivity contribution >= 4 is 11.9 Å². The molecule has 0 saturated carbocycles. The molecule has 7 unspecified atom stereocenters. The number of ether oxygens (including phenoxy) is 3. The fourth-order valence-corrected chi connectivity index (χ4v) is 7.44. The molecular formula is C50H91NO10. The number of nitrogens with one attached hydrogen (secondary N) is 1. The highest BCUT2D eigenvalue weighted by Gasteiger charge is 2.44. The Labute approximate surface area is 371 Å². The predicted molar refractivity (Wildman–Crippen MR) is 246 cm³/mol. The molecule has 1 fully saturated rings. The maximum atomic E-state index is 12.9. The van der Waals surface area contributed by atoms with Gasteiger partial charge in [-0.15, -0.1) is 0 Å². The molecule has 0 bridgehead atoms. The number of unbranched alkanes of at least 4 members (excludes halogenated alkanes) is 23. The molecule has 1 heterocycles. The number of rotatable bonds is 41. The number of esters is 1. The Hall–Kier alpha value is -2.12. The van der Waals surface area contributed by atoms with Crippen molar-refractivity contribution in [2.45, 2.75) is 249 Å². The van der Waals surface area contributed by atoms with Gasteiger partial charge in [0.1, 0.15) is 24.4 Å². The highest BCUT2D eigenvalue weighted by Crippen LogP contribution is 2.22. The van der Waals surface area contributed by atoms with Crippen LogP contribution in [0.4, 0.5) is 0 Å². The molecule has 356 valence electrons. The summed E-state index contributed by atoms with van der Waals surface area (Å²) in [5.41, 5.74) is 0. The summed E-state index contributed by atoms with van der Waals surface area (Å²) >= 11 is 0. The Morgan fingerprint density at radius 2 is 1.07 bits per heavy atom. The molecule has 11 nitrogen and oxygen atoms in total. The fourth-order valence-electron chi connectivity index (χ4n) is 7.44. The van der Waals surface area contributed by atoms with Gasteiger partial charge in [-0.05, 0) is 70.6 Å². The van der Waals surface area contributed by atoms with Crippen LogP contribution in [0.1, 0.15) is 206 Å². The van der Waals surface area contributed by atoms with Gasteiger partial charge in [-0.2, -0.15) is 0 Å².